The second-order valence-electron chi connectivity index (χ2n) is 11.0. The SMILES string of the molecule is Cc1ccc2[nH]ncc2c1-c1c(Cl)cc2c(N3CCCCC3)nc(OC3CCN(C)C3)nc2c1OC1CC1. The van der Waals surface area contributed by atoms with Crippen molar-refractivity contribution >= 4 is 39.2 Å². The summed E-state index contributed by atoms with van der Waals surface area (Å²) in [5.41, 5.74) is 4.73. The molecular weight excluding hydrogens is 500 g/mol. The second-order valence-corrected chi connectivity index (χ2v) is 11.4. The molecule has 1 atom stereocenters. The summed E-state index contributed by atoms with van der Waals surface area (Å²) in [5.74, 6) is 1.62. The molecule has 0 radical (unpaired) electrons. The van der Waals surface area contributed by atoms with E-state index in [0.29, 0.717) is 11.0 Å². The molecule has 38 heavy (non-hydrogen) atoms. The van der Waals surface area contributed by atoms with Gasteiger partial charge in [-0.25, -0.2) is 0 Å². The molecule has 4 aromatic rings. The summed E-state index contributed by atoms with van der Waals surface area (Å²) in [5, 5.41) is 9.99. The third-order valence-electron chi connectivity index (χ3n) is 8.02. The average Bonchev–Trinajstić information content (AvgIpc) is 3.44. The fourth-order valence-corrected chi connectivity index (χ4v) is 6.16. The number of piperidine rings is 1. The van der Waals surface area contributed by atoms with Gasteiger partial charge in [-0.3, -0.25) is 5.10 Å². The molecule has 0 bridgehead atoms. The molecule has 1 unspecified atom stereocenters. The van der Waals surface area contributed by atoms with Crippen molar-refractivity contribution in [3.63, 3.8) is 0 Å². The largest absolute Gasteiger partial charge is 0.487 e. The fraction of sp³-hybridized carbons (Fsp3) is 0.483. The molecule has 0 spiro atoms. The Morgan fingerprint density at radius 2 is 1.79 bits per heavy atom. The van der Waals surface area contributed by atoms with Gasteiger partial charge in [0.2, 0.25) is 0 Å². The summed E-state index contributed by atoms with van der Waals surface area (Å²) >= 11 is 7.17. The van der Waals surface area contributed by atoms with Crippen LogP contribution in [-0.4, -0.2) is 70.5 Å². The normalized spacial score (nSPS) is 20.5. The highest BCUT2D eigenvalue weighted by atomic mass is 35.5. The molecule has 9 heteroatoms. The van der Waals surface area contributed by atoms with Gasteiger partial charge in [0.15, 0.2) is 5.75 Å². The number of hydrogen-bond acceptors (Lipinski definition) is 7. The Hall–Kier alpha value is -3.10. The van der Waals surface area contributed by atoms with Gasteiger partial charge in [0, 0.05) is 48.1 Å². The van der Waals surface area contributed by atoms with Crippen molar-refractivity contribution in [3.05, 3.63) is 35.0 Å². The topological polar surface area (TPSA) is 79.4 Å². The minimum atomic E-state index is 0.0770. The molecule has 1 N–H and O–H groups in total. The monoisotopic (exact) mass is 532 g/mol. The number of likely N-dealkylation sites (tertiary alicyclic amines) is 1. The first kappa shape index (κ1) is 24.0. The van der Waals surface area contributed by atoms with E-state index in [4.69, 9.17) is 31.0 Å². The molecule has 2 aliphatic heterocycles. The molecule has 2 aromatic heterocycles. The van der Waals surface area contributed by atoms with Crippen molar-refractivity contribution < 1.29 is 9.47 Å². The van der Waals surface area contributed by atoms with E-state index in [1.807, 2.05) is 12.3 Å². The van der Waals surface area contributed by atoms with Gasteiger partial charge in [-0.1, -0.05) is 17.7 Å². The van der Waals surface area contributed by atoms with Crippen LogP contribution in [0.3, 0.4) is 0 Å². The number of anilines is 1. The molecule has 2 aromatic carbocycles. The van der Waals surface area contributed by atoms with Crippen LogP contribution in [0.2, 0.25) is 5.02 Å². The van der Waals surface area contributed by atoms with Gasteiger partial charge in [0.05, 0.1) is 22.8 Å². The van der Waals surface area contributed by atoms with E-state index in [9.17, 15) is 0 Å². The van der Waals surface area contributed by atoms with Crippen LogP contribution >= 0.6 is 11.6 Å². The van der Waals surface area contributed by atoms with Crippen LogP contribution in [0.5, 0.6) is 11.8 Å². The lowest BCUT2D eigenvalue weighted by Crippen LogP contribution is -2.31. The van der Waals surface area contributed by atoms with Gasteiger partial charge >= 0.3 is 6.01 Å². The Morgan fingerprint density at radius 1 is 0.947 bits per heavy atom. The molecular formula is C29H33ClN6O2. The van der Waals surface area contributed by atoms with Gasteiger partial charge in [-0.05, 0) is 70.2 Å². The molecule has 8 nitrogen and oxygen atoms in total. The van der Waals surface area contributed by atoms with Crippen LogP contribution < -0.4 is 14.4 Å². The zero-order valence-electron chi connectivity index (χ0n) is 22.0. The maximum absolute atomic E-state index is 7.17. The average molecular weight is 533 g/mol. The lowest BCUT2D eigenvalue weighted by molar-refractivity contribution is 0.192. The van der Waals surface area contributed by atoms with Crippen molar-refractivity contribution in [3.8, 4) is 22.9 Å². The van der Waals surface area contributed by atoms with Crippen molar-refractivity contribution in [2.75, 3.05) is 38.1 Å². The predicted molar refractivity (Wildman–Crippen MR) is 151 cm³/mol. The lowest BCUT2D eigenvalue weighted by atomic mass is 9.94. The molecule has 3 fully saturated rings. The molecule has 4 heterocycles. The number of benzene rings is 2. The summed E-state index contributed by atoms with van der Waals surface area (Å²) < 4.78 is 13.1. The number of aromatic amines is 1. The smallest absolute Gasteiger partial charge is 0.319 e. The van der Waals surface area contributed by atoms with Crippen molar-refractivity contribution in [1.82, 2.24) is 25.1 Å². The van der Waals surface area contributed by atoms with E-state index in [-0.39, 0.29) is 12.2 Å². The number of nitrogens with one attached hydrogen (secondary N) is 1. The number of rotatable bonds is 6. The van der Waals surface area contributed by atoms with E-state index >= 15 is 0 Å². The number of aryl methyl sites for hydroxylation is 1. The minimum absolute atomic E-state index is 0.0770. The molecule has 0 amide bonds. The van der Waals surface area contributed by atoms with Crippen LogP contribution in [-0.2, 0) is 0 Å². The molecule has 1 saturated carbocycles. The first-order chi connectivity index (χ1) is 18.5. The molecule has 7 rings (SSSR count). The second kappa shape index (κ2) is 9.58. The highest BCUT2D eigenvalue weighted by Crippen LogP contribution is 2.49. The first-order valence-electron chi connectivity index (χ1n) is 13.8. The lowest BCUT2D eigenvalue weighted by Gasteiger charge is -2.29. The highest BCUT2D eigenvalue weighted by molar-refractivity contribution is 6.35. The van der Waals surface area contributed by atoms with E-state index in [1.54, 1.807) is 0 Å². The first-order valence-corrected chi connectivity index (χ1v) is 14.2. The number of halogens is 1. The summed E-state index contributed by atoms with van der Waals surface area (Å²) in [6.07, 6.45) is 8.68. The van der Waals surface area contributed by atoms with Gasteiger partial charge in [0.25, 0.3) is 0 Å². The van der Waals surface area contributed by atoms with Gasteiger partial charge in [0.1, 0.15) is 17.4 Å². The number of aromatic nitrogens is 4. The maximum atomic E-state index is 7.17. The third kappa shape index (κ3) is 4.33. The zero-order chi connectivity index (χ0) is 25.8. The van der Waals surface area contributed by atoms with Crippen molar-refractivity contribution in [1.29, 1.82) is 0 Å². The number of likely N-dealkylation sites (N-methyl/N-ethyl adjacent to an activating group) is 1. The third-order valence-corrected chi connectivity index (χ3v) is 8.32. The predicted octanol–water partition coefficient (Wildman–Crippen LogP) is 5.75. The summed E-state index contributed by atoms with van der Waals surface area (Å²) in [4.78, 5) is 14.7. The number of ether oxygens (including phenoxy) is 2. The standard InChI is InChI=1S/C29H33ClN6O2/c1-17-6-9-23-21(15-31-34-23)24(17)25-22(30)14-20-26(27(25)37-18-7-8-18)32-29(38-19-10-13-35(2)16-19)33-28(20)36-11-4-3-5-12-36/h6,9,14-15,18-19H,3-5,7-8,10-13,16H2,1-2H3,(H,31,34). The van der Waals surface area contributed by atoms with E-state index in [1.165, 1.54) is 6.42 Å². The van der Waals surface area contributed by atoms with Crippen LogP contribution in [0.15, 0.2) is 24.4 Å². The van der Waals surface area contributed by atoms with Gasteiger partial charge in [-0.15, -0.1) is 0 Å². The van der Waals surface area contributed by atoms with E-state index in [2.05, 4.69) is 46.1 Å². The van der Waals surface area contributed by atoms with Crippen LogP contribution in [0, 0.1) is 6.92 Å². The maximum Gasteiger partial charge on any atom is 0.319 e. The summed E-state index contributed by atoms with van der Waals surface area (Å²) in [6.45, 7) is 5.92. The number of H-pyrrole nitrogens is 1. The van der Waals surface area contributed by atoms with E-state index < -0.39 is 0 Å². The number of hydrogen-bond donors (Lipinski definition) is 1. The van der Waals surface area contributed by atoms with Crippen molar-refractivity contribution in [2.24, 2.45) is 0 Å². The summed E-state index contributed by atoms with van der Waals surface area (Å²) in [7, 11) is 2.12. The Bertz CT molecular complexity index is 1510. The van der Waals surface area contributed by atoms with E-state index in [0.717, 1.165) is 108 Å². The van der Waals surface area contributed by atoms with Gasteiger partial charge in [-0.2, -0.15) is 15.1 Å². The minimum Gasteiger partial charge on any atom is -0.487 e. The zero-order valence-corrected chi connectivity index (χ0v) is 22.7. The van der Waals surface area contributed by atoms with Crippen LogP contribution in [0.4, 0.5) is 5.82 Å². The number of nitrogens with zero attached hydrogens (tertiary/aromatic N) is 5. The molecule has 2 saturated heterocycles. The number of fused-ring (bicyclic) bond motifs is 2. The van der Waals surface area contributed by atoms with Crippen LogP contribution in [0.1, 0.15) is 44.1 Å². The van der Waals surface area contributed by atoms with Crippen molar-refractivity contribution in [2.45, 2.75) is 57.7 Å². The fourth-order valence-electron chi connectivity index (χ4n) is 5.87. The quantitative estimate of drug-likeness (QED) is 0.338. The van der Waals surface area contributed by atoms with Gasteiger partial charge < -0.3 is 19.3 Å². The molecule has 3 aliphatic rings. The highest BCUT2D eigenvalue weighted by Gasteiger charge is 2.31. The Morgan fingerprint density at radius 3 is 2.55 bits per heavy atom. The molecule has 198 valence electrons. The Labute approximate surface area is 227 Å². The summed E-state index contributed by atoms with van der Waals surface area (Å²) in [6, 6.07) is 6.60. The molecule has 1 aliphatic carbocycles. The Balaban J connectivity index is 1.47. The van der Waals surface area contributed by atoms with Crippen LogP contribution in [0.25, 0.3) is 32.9 Å². The Kier molecular flexibility index (Phi) is 6.04.